The van der Waals surface area contributed by atoms with Crippen molar-refractivity contribution in [2.75, 3.05) is 6.61 Å². The molecule has 3 rings (SSSR count). The highest BCUT2D eigenvalue weighted by molar-refractivity contribution is 5.95. The third-order valence-corrected chi connectivity index (χ3v) is 4.76. The second kappa shape index (κ2) is 9.73. The summed E-state index contributed by atoms with van der Waals surface area (Å²) in [5.74, 6) is 0.513. The Kier molecular flexibility index (Phi) is 6.85. The summed E-state index contributed by atoms with van der Waals surface area (Å²) in [6.45, 7) is 7.67. The molecule has 0 aliphatic rings. The fourth-order valence-corrected chi connectivity index (χ4v) is 3.12. The topological polar surface area (TPSA) is 55.6 Å². The van der Waals surface area contributed by atoms with Crippen molar-refractivity contribution in [2.45, 2.75) is 33.7 Å². The minimum absolute atomic E-state index is 0.249. The molecule has 29 heavy (non-hydrogen) atoms. The molecule has 0 fully saturated rings. The lowest BCUT2D eigenvalue weighted by Crippen LogP contribution is -2.17. The lowest BCUT2D eigenvalue weighted by Gasteiger charge is -2.09. The number of carbonyl (C=O) groups excluding carboxylic acids is 1. The summed E-state index contributed by atoms with van der Waals surface area (Å²) in [5, 5.41) is 4.14. The van der Waals surface area contributed by atoms with Crippen molar-refractivity contribution in [3.8, 4) is 5.75 Å². The van der Waals surface area contributed by atoms with Gasteiger partial charge in [-0.25, -0.2) is 5.43 Å². The molecule has 0 spiro atoms. The molecule has 3 aromatic rings. The van der Waals surface area contributed by atoms with Gasteiger partial charge in [0.15, 0.2) is 0 Å². The molecule has 0 radical (unpaired) electrons. The average Bonchev–Trinajstić information content (AvgIpc) is 3.01. The zero-order valence-electron chi connectivity index (χ0n) is 17.2. The van der Waals surface area contributed by atoms with Crippen LogP contribution in [0.3, 0.4) is 0 Å². The maximum atomic E-state index is 12.3. The summed E-state index contributed by atoms with van der Waals surface area (Å²) in [6.07, 6.45) is 2.64. The van der Waals surface area contributed by atoms with Crippen LogP contribution in [0.15, 0.2) is 65.8 Å². The van der Waals surface area contributed by atoms with Crippen molar-refractivity contribution in [3.63, 3.8) is 0 Å². The van der Waals surface area contributed by atoms with Gasteiger partial charge in [0.25, 0.3) is 5.91 Å². The van der Waals surface area contributed by atoms with Crippen LogP contribution in [0.2, 0.25) is 0 Å². The first-order valence-corrected chi connectivity index (χ1v) is 9.85. The number of amides is 1. The van der Waals surface area contributed by atoms with Gasteiger partial charge in [-0.05, 0) is 56.2 Å². The minimum atomic E-state index is -0.249. The molecular weight excluding hydrogens is 362 g/mol. The van der Waals surface area contributed by atoms with Crippen molar-refractivity contribution < 1.29 is 9.53 Å². The number of ether oxygens (including phenoxy) is 1. The third kappa shape index (κ3) is 5.35. The van der Waals surface area contributed by atoms with Crippen molar-refractivity contribution in [2.24, 2.45) is 5.10 Å². The van der Waals surface area contributed by atoms with Crippen molar-refractivity contribution in [1.82, 2.24) is 9.99 Å². The maximum Gasteiger partial charge on any atom is 0.271 e. The van der Waals surface area contributed by atoms with E-state index in [2.05, 4.69) is 54.1 Å². The molecule has 2 aromatic carbocycles. The number of hydrogen-bond donors (Lipinski definition) is 1. The quantitative estimate of drug-likeness (QED) is 0.448. The first-order valence-electron chi connectivity index (χ1n) is 9.85. The van der Waals surface area contributed by atoms with Gasteiger partial charge in [-0.3, -0.25) is 4.79 Å². The number of hydrogen-bond acceptors (Lipinski definition) is 3. The fraction of sp³-hybridized carbons (Fsp3) is 0.250. The number of nitrogens with one attached hydrogen (secondary N) is 1. The van der Waals surface area contributed by atoms with E-state index < -0.39 is 0 Å². The second-order valence-electron chi connectivity index (χ2n) is 6.97. The van der Waals surface area contributed by atoms with Gasteiger partial charge >= 0.3 is 0 Å². The Labute approximate surface area is 172 Å². The Morgan fingerprint density at radius 3 is 2.52 bits per heavy atom. The Morgan fingerprint density at radius 1 is 1.10 bits per heavy atom. The molecule has 1 N–H and O–H groups in total. The van der Waals surface area contributed by atoms with Gasteiger partial charge in [0.1, 0.15) is 5.75 Å². The Hall–Kier alpha value is -3.34. The predicted molar refractivity (Wildman–Crippen MR) is 117 cm³/mol. The summed E-state index contributed by atoms with van der Waals surface area (Å²) in [4.78, 5) is 12.3. The predicted octanol–water partition coefficient (Wildman–Crippen LogP) is 4.71. The molecule has 0 atom stereocenters. The average molecular weight is 389 g/mol. The van der Waals surface area contributed by atoms with Crippen LogP contribution in [-0.2, 0) is 6.54 Å². The molecule has 5 heteroatoms. The third-order valence-electron chi connectivity index (χ3n) is 4.76. The van der Waals surface area contributed by atoms with Gasteiger partial charge in [-0.1, -0.05) is 37.3 Å². The largest absolute Gasteiger partial charge is 0.494 e. The normalized spacial score (nSPS) is 11.0. The SMILES string of the molecule is CCCOc1ccc(C(=O)N/N=C\c2cc(C)n(Cc3ccccc3)c2C)cc1. The van der Waals surface area contributed by atoms with Crippen LogP contribution in [-0.4, -0.2) is 23.3 Å². The van der Waals surface area contributed by atoms with Gasteiger partial charge in [-0.15, -0.1) is 0 Å². The highest BCUT2D eigenvalue weighted by Gasteiger charge is 2.09. The molecule has 0 saturated carbocycles. The smallest absolute Gasteiger partial charge is 0.271 e. The lowest BCUT2D eigenvalue weighted by atomic mass is 10.2. The van der Waals surface area contributed by atoms with E-state index in [1.807, 2.05) is 18.2 Å². The summed E-state index contributed by atoms with van der Waals surface area (Å²) < 4.78 is 7.78. The first-order chi connectivity index (χ1) is 14.1. The molecule has 0 saturated heterocycles. The summed E-state index contributed by atoms with van der Waals surface area (Å²) in [5.41, 5.74) is 7.64. The highest BCUT2D eigenvalue weighted by atomic mass is 16.5. The molecule has 0 bridgehead atoms. The standard InChI is InChI=1S/C24H27N3O2/c1-4-14-29-23-12-10-21(11-13-23)24(28)26-25-16-22-15-18(2)27(19(22)3)17-20-8-6-5-7-9-20/h5-13,15-16H,4,14,17H2,1-3H3,(H,26,28)/b25-16-. The molecule has 0 aliphatic carbocycles. The number of benzene rings is 2. The number of hydrazone groups is 1. The molecule has 0 aliphatic heterocycles. The van der Waals surface area contributed by atoms with Crippen molar-refractivity contribution >= 4 is 12.1 Å². The molecule has 0 unspecified atom stereocenters. The second-order valence-corrected chi connectivity index (χ2v) is 6.97. The van der Waals surface area contributed by atoms with Gasteiger partial charge in [-0.2, -0.15) is 5.10 Å². The maximum absolute atomic E-state index is 12.3. The van der Waals surface area contributed by atoms with Gasteiger partial charge in [0.2, 0.25) is 0 Å². The van der Waals surface area contributed by atoms with E-state index in [0.717, 1.165) is 35.7 Å². The van der Waals surface area contributed by atoms with Crippen LogP contribution >= 0.6 is 0 Å². The zero-order valence-corrected chi connectivity index (χ0v) is 17.2. The summed E-state index contributed by atoms with van der Waals surface area (Å²) in [7, 11) is 0. The number of rotatable bonds is 8. The fourth-order valence-electron chi connectivity index (χ4n) is 3.12. The van der Waals surface area contributed by atoms with E-state index >= 15 is 0 Å². The monoisotopic (exact) mass is 389 g/mol. The molecule has 150 valence electrons. The number of aryl methyl sites for hydroxylation is 1. The molecule has 1 heterocycles. The molecule has 5 nitrogen and oxygen atoms in total. The van der Waals surface area contributed by atoms with Crippen LogP contribution in [0.5, 0.6) is 5.75 Å². The van der Waals surface area contributed by atoms with E-state index in [1.165, 1.54) is 5.56 Å². The van der Waals surface area contributed by atoms with Gasteiger partial charge in [0.05, 0.1) is 12.8 Å². The Bertz CT molecular complexity index is 973. The van der Waals surface area contributed by atoms with Gasteiger partial charge in [0, 0.05) is 29.1 Å². The lowest BCUT2D eigenvalue weighted by molar-refractivity contribution is 0.0955. The summed E-state index contributed by atoms with van der Waals surface area (Å²) >= 11 is 0. The number of aromatic nitrogens is 1. The van der Waals surface area contributed by atoms with Crippen molar-refractivity contribution in [3.05, 3.63) is 88.7 Å². The van der Waals surface area contributed by atoms with E-state index in [9.17, 15) is 4.79 Å². The summed E-state index contributed by atoms with van der Waals surface area (Å²) in [6, 6.07) is 19.5. The van der Waals surface area contributed by atoms with E-state index in [4.69, 9.17) is 4.74 Å². The minimum Gasteiger partial charge on any atom is -0.494 e. The Morgan fingerprint density at radius 2 is 1.83 bits per heavy atom. The van der Waals surface area contributed by atoms with Crippen LogP contribution in [0.1, 0.15) is 46.2 Å². The van der Waals surface area contributed by atoms with Crippen LogP contribution in [0, 0.1) is 13.8 Å². The van der Waals surface area contributed by atoms with Crippen molar-refractivity contribution in [1.29, 1.82) is 0 Å². The Balaban J connectivity index is 1.63. The van der Waals surface area contributed by atoms with Crippen LogP contribution < -0.4 is 10.2 Å². The number of nitrogens with zero attached hydrogens (tertiary/aromatic N) is 2. The van der Waals surface area contributed by atoms with Gasteiger partial charge < -0.3 is 9.30 Å². The molecular formula is C24H27N3O2. The number of carbonyl (C=O) groups is 1. The molecule has 1 amide bonds. The molecule has 1 aromatic heterocycles. The van der Waals surface area contributed by atoms with E-state index in [1.54, 1.807) is 30.5 Å². The first kappa shape index (κ1) is 20.4. The van der Waals surface area contributed by atoms with Crippen LogP contribution in [0.4, 0.5) is 0 Å². The zero-order chi connectivity index (χ0) is 20.6. The van der Waals surface area contributed by atoms with E-state index in [0.29, 0.717) is 12.2 Å². The highest BCUT2D eigenvalue weighted by Crippen LogP contribution is 2.16. The van der Waals surface area contributed by atoms with E-state index in [-0.39, 0.29) is 5.91 Å². The van der Waals surface area contributed by atoms with Crippen LogP contribution in [0.25, 0.3) is 0 Å².